The Labute approximate surface area is 143 Å². The number of carbonyl (C=O) groups excluding carboxylic acids is 1. The van der Waals surface area contributed by atoms with Gasteiger partial charge in [0.25, 0.3) is 5.91 Å². The first-order chi connectivity index (χ1) is 11.7. The lowest BCUT2D eigenvalue weighted by atomic mass is 10.2. The van der Waals surface area contributed by atoms with Gasteiger partial charge in [0.15, 0.2) is 5.76 Å². The fourth-order valence-electron chi connectivity index (χ4n) is 3.62. The molecule has 0 saturated carbocycles. The molecule has 2 N–H and O–H groups in total. The molecular formula is C18H29N3O3. The molecule has 2 fully saturated rings. The van der Waals surface area contributed by atoms with Gasteiger partial charge in [-0.1, -0.05) is 6.92 Å². The lowest BCUT2D eigenvalue weighted by Gasteiger charge is -2.19. The molecule has 1 aromatic rings. The molecule has 0 bridgehead atoms. The van der Waals surface area contributed by atoms with E-state index in [4.69, 9.17) is 9.15 Å². The molecule has 6 nitrogen and oxygen atoms in total. The number of ether oxygens (including phenoxy) is 1. The third-order valence-electron chi connectivity index (χ3n) is 4.89. The fraction of sp³-hybridized carbons (Fsp3) is 0.722. The van der Waals surface area contributed by atoms with Crippen LogP contribution in [0.5, 0.6) is 0 Å². The van der Waals surface area contributed by atoms with E-state index in [0.717, 1.165) is 50.5 Å². The number of rotatable bonds is 7. The average molecular weight is 335 g/mol. The third kappa shape index (κ3) is 3.99. The number of hydrogen-bond donors (Lipinski definition) is 2. The smallest absolute Gasteiger partial charge is 0.287 e. The second-order valence-corrected chi connectivity index (χ2v) is 6.63. The zero-order valence-electron chi connectivity index (χ0n) is 14.8. The molecule has 2 atom stereocenters. The molecule has 1 aromatic heterocycles. The van der Waals surface area contributed by atoms with Gasteiger partial charge in [0.2, 0.25) is 0 Å². The van der Waals surface area contributed by atoms with E-state index in [1.165, 1.54) is 12.8 Å². The van der Waals surface area contributed by atoms with E-state index in [9.17, 15) is 4.79 Å². The number of nitrogens with one attached hydrogen (secondary N) is 2. The van der Waals surface area contributed by atoms with E-state index in [2.05, 4.69) is 22.5 Å². The van der Waals surface area contributed by atoms with E-state index in [1.54, 1.807) is 0 Å². The molecule has 3 rings (SSSR count). The molecule has 24 heavy (non-hydrogen) atoms. The molecule has 2 aliphatic rings. The SMILES string of the molecule is CCO[C@H]1CNC[C@@H]1NC(=O)c1cc(CN2CCCC2)c(CC)o1. The van der Waals surface area contributed by atoms with E-state index in [0.29, 0.717) is 12.4 Å². The van der Waals surface area contributed by atoms with Crippen molar-refractivity contribution in [2.45, 2.75) is 51.8 Å². The average Bonchev–Trinajstić information content (AvgIpc) is 3.30. The highest BCUT2D eigenvalue weighted by Gasteiger charge is 2.30. The van der Waals surface area contributed by atoms with Gasteiger partial charge in [0.1, 0.15) is 5.76 Å². The molecule has 2 saturated heterocycles. The number of likely N-dealkylation sites (tertiary alicyclic amines) is 1. The maximum absolute atomic E-state index is 12.6. The topological polar surface area (TPSA) is 66.7 Å². The summed E-state index contributed by atoms with van der Waals surface area (Å²) in [5.41, 5.74) is 1.15. The van der Waals surface area contributed by atoms with Crippen LogP contribution < -0.4 is 10.6 Å². The second-order valence-electron chi connectivity index (χ2n) is 6.63. The van der Waals surface area contributed by atoms with Crippen LogP contribution in [-0.4, -0.2) is 55.7 Å². The first kappa shape index (κ1) is 17.5. The summed E-state index contributed by atoms with van der Waals surface area (Å²) < 4.78 is 11.5. The van der Waals surface area contributed by atoms with Crippen LogP contribution in [0.15, 0.2) is 10.5 Å². The van der Waals surface area contributed by atoms with Gasteiger partial charge in [-0.05, 0) is 38.9 Å². The Bertz CT molecular complexity index is 552. The first-order valence-corrected chi connectivity index (χ1v) is 9.18. The van der Waals surface area contributed by atoms with Crippen molar-refractivity contribution in [1.29, 1.82) is 0 Å². The van der Waals surface area contributed by atoms with Crippen LogP contribution in [0.4, 0.5) is 0 Å². The molecule has 0 radical (unpaired) electrons. The molecule has 134 valence electrons. The summed E-state index contributed by atoms with van der Waals surface area (Å²) >= 11 is 0. The molecule has 0 aromatic carbocycles. The second kappa shape index (κ2) is 8.14. The summed E-state index contributed by atoms with van der Waals surface area (Å²) in [6.07, 6.45) is 3.37. The highest BCUT2D eigenvalue weighted by Crippen LogP contribution is 2.21. The molecule has 1 amide bonds. The van der Waals surface area contributed by atoms with Crippen LogP contribution >= 0.6 is 0 Å². The predicted molar refractivity (Wildman–Crippen MR) is 92.1 cm³/mol. The number of hydrogen-bond acceptors (Lipinski definition) is 5. The van der Waals surface area contributed by atoms with E-state index < -0.39 is 0 Å². The van der Waals surface area contributed by atoms with Gasteiger partial charge < -0.3 is 19.8 Å². The van der Waals surface area contributed by atoms with E-state index in [1.807, 2.05) is 13.0 Å². The Hall–Kier alpha value is -1.37. The zero-order chi connectivity index (χ0) is 16.9. The summed E-state index contributed by atoms with van der Waals surface area (Å²) in [6.45, 7) is 9.36. The Morgan fingerprint density at radius 3 is 2.88 bits per heavy atom. The Morgan fingerprint density at radius 2 is 2.17 bits per heavy atom. The van der Waals surface area contributed by atoms with Gasteiger partial charge in [-0.3, -0.25) is 9.69 Å². The maximum Gasteiger partial charge on any atom is 0.287 e. The van der Waals surface area contributed by atoms with Crippen LogP contribution in [0.25, 0.3) is 0 Å². The molecule has 3 heterocycles. The highest BCUT2D eigenvalue weighted by atomic mass is 16.5. The summed E-state index contributed by atoms with van der Waals surface area (Å²) in [5, 5.41) is 6.32. The zero-order valence-corrected chi connectivity index (χ0v) is 14.8. The standard InChI is InChI=1S/C18H29N3O3/c1-3-15-13(12-21-7-5-6-8-21)9-16(24-15)18(22)20-14-10-19-11-17(14)23-4-2/h9,14,17,19H,3-8,10-12H2,1-2H3,(H,20,22)/t14-,17-/m0/s1. The van der Waals surface area contributed by atoms with Gasteiger partial charge in [0.05, 0.1) is 12.1 Å². The number of nitrogens with zero attached hydrogens (tertiary/aromatic N) is 1. The summed E-state index contributed by atoms with van der Waals surface area (Å²) in [4.78, 5) is 15.0. The minimum Gasteiger partial charge on any atom is -0.456 e. The van der Waals surface area contributed by atoms with Crippen LogP contribution in [0.3, 0.4) is 0 Å². The monoisotopic (exact) mass is 335 g/mol. The minimum absolute atomic E-state index is 0.00495. The summed E-state index contributed by atoms with van der Waals surface area (Å²) in [6, 6.07) is 1.92. The summed E-state index contributed by atoms with van der Waals surface area (Å²) in [5.74, 6) is 1.21. The van der Waals surface area contributed by atoms with Crippen LogP contribution in [0, 0.1) is 0 Å². The molecule has 0 spiro atoms. The van der Waals surface area contributed by atoms with Gasteiger partial charge in [0, 0.05) is 38.2 Å². The number of carbonyl (C=O) groups is 1. The molecule has 0 unspecified atom stereocenters. The lowest BCUT2D eigenvalue weighted by Crippen LogP contribution is -2.43. The van der Waals surface area contributed by atoms with Crippen molar-refractivity contribution in [2.24, 2.45) is 0 Å². The van der Waals surface area contributed by atoms with Crippen LogP contribution in [0.1, 0.15) is 48.6 Å². The number of amides is 1. The number of aryl methyl sites for hydroxylation is 1. The van der Waals surface area contributed by atoms with E-state index >= 15 is 0 Å². The van der Waals surface area contributed by atoms with Gasteiger partial charge in [-0.25, -0.2) is 0 Å². The van der Waals surface area contributed by atoms with E-state index in [-0.39, 0.29) is 18.1 Å². The largest absolute Gasteiger partial charge is 0.456 e. The van der Waals surface area contributed by atoms with Crippen molar-refractivity contribution in [1.82, 2.24) is 15.5 Å². The van der Waals surface area contributed by atoms with Crippen molar-refractivity contribution in [3.8, 4) is 0 Å². The van der Waals surface area contributed by atoms with Crippen molar-refractivity contribution >= 4 is 5.91 Å². The first-order valence-electron chi connectivity index (χ1n) is 9.18. The van der Waals surface area contributed by atoms with Gasteiger partial charge in [-0.15, -0.1) is 0 Å². The third-order valence-corrected chi connectivity index (χ3v) is 4.89. The Morgan fingerprint density at radius 1 is 1.38 bits per heavy atom. The van der Waals surface area contributed by atoms with Crippen molar-refractivity contribution in [3.63, 3.8) is 0 Å². The summed E-state index contributed by atoms with van der Waals surface area (Å²) in [7, 11) is 0. The molecule has 2 aliphatic heterocycles. The maximum atomic E-state index is 12.6. The normalized spacial score (nSPS) is 24.6. The van der Waals surface area contributed by atoms with Crippen LogP contribution in [-0.2, 0) is 17.7 Å². The molecular weight excluding hydrogens is 306 g/mol. The molecule has 0 aliphatic carbocycles. The highest BCUT2D eigenvalue weighted by molar-refractivity contribution is 5.92. The van der Waals surface area contributed by atoms with Crippen molar-refractivity contribution in [2.75, 3.05) is 32.8 Å². The fourth-order valence-corrected chi connectivity index (χ4v) is 3.62. The predicted octanol–water partition coefficient (Wildman–Crippen LogP) is 1.54. The molecule has 6 heteroatoms. The lowest BCUT2D eigenvalue weighted by molar-refractivity contribution is 0.0537. The minimum atomic E-state index is -0.143. The Kier molecular flexibility index (Phi) is 5.92. The van der Waals surface area contributed by atoms with Crippen LogP contribution in [0.2, 0.25) is 0 Å². The number of furan rings is 1. The van der Waals surface area contributed by atoms with Gasteiger partial charge in [-0.2, -0.15) is 0 Å². The van der Waals surface area contributed by atoms with Crippen molar-refractivity contribution in [3.05, 3.63) is 23.2 Å². The Balaban J connectivity index is 1.64. The van der Waals surface area contributed by atoms with Crippen molar-refractivity contribution < 1.29 is 13.9 Å². The van der Waals surface area contributed by atoms with Gasteiger partial charge >= 0.3 is 0 Å². The quantitative estimate of drug-likeness (QED) is 0.791.